The number of aliphatic carboxylic acids is 1. The van der Waals surface area contributed by atoms with E-state index in [1.807, 2.05) is 6.92 Å². The van der Waals surface area contributed by atoms with Gasteiger partial charge in [-0.1, -0.05) is 6.92 Å². The number of amides is 1. The van der Waals surface area contributed by atoms with Crippen molar-refractivity contribution in [1.82, 2.24) is 5.43 Å². The first-order valence-corrected chi connectivity index (χ1v) is 7.22. The zero-order chi connectivity index (χ0) is 17.5. The average Bonchev–Trinajstić information content (AvgIpc) is 2.45. The van der Waals surface area contributed by atoms with Gasteiger partial charge in [0.25, 0.3) is 0 Å². The molecule has 126 valence electrons. The van der Waals surface area contributed by atoms with Crippen molar-refractivity contribution in [3.8, 4) is 5.75 Å². The second-order valence-corrected chi connectivity index (χ2v) is 5.73. The molecular formula is C16H22N2O5. The number of ether oxygens (including phenoxy) is 2. The van der Waals surface area contributed by atoms with Gasteiger partial charge in [0.2, 0.25) is 0 Å². The number of rotatable bonds is 6. The Labute approximate surface area is 135 Å². The van der Waals surface area contributed by atoms with Crippen LogP contribution in [0.25, 0.3) is 0 Å². The molecule has 0 radical (unpaired) electrons. The first kappa shape index (κ1) is 18.5. The van der Waals surface area contributed by atoms with E-state index in [2.05, 4.69) is 10.5 Å². The maximum absolute atomic E-state index is 11.6. The Hall–Kier alpha value is -2.57. The molecule has 0 fully saturated rings. The van der Waals surface area contributed by atoms with Crippen molar-refractivity contribution >= 4 is 17.8 Å². The van der Waals surface area contributed by atoms with Crippen molar-refractivity contribution in [2.45, 2.75) is 39.7 Å². The van der Waals surface area contributed by atoms with Gasteiger partial charge in [0, 0.05) is 0 Å². The maximum atomic E-state index is 11.6. The number of carbonyl (C=O) groups excluding carboxylic acids is 1. The standard InChI is InChI=1S/C16H22N2O5/c1-5-13(17-18-15(21)23-16(2,3)4)11-6-8-12(9-7-11)22-10-14(19)20/h6-9H,5,10H2,1-4H3,(H,18,21)(H,19,20)/b17-13-. The lowest BCUT2D eigenvalue weighted by molar-refractivity contribution is -0.139. The van der Waals surface area contributed by atoms with Crippen molar-refractivity contribution < 1.29 is 24.2 Å². The van der Waals surface area contributed by atoms with Gasteiger partial charge in [-0.05, 0) is 57.0 Å². The number of nitrogens with zero attached hydrogens (tertiary/aromatic N) is 1. The van der Waals surface area contributed by atoms with Gasteiger partial charge in [-0.3, -0.25) is 0 Å². The molecule has 2 N–H and O–H groups in total. The number of hydrazone groups is 1. The number of carboxylic acids is 1. The maximum Gasteiger partial charge on any atom is 0.428 e. The topological polar surface area (TPSA) is 97.2 Å². The molecule has 1 amide bonds. The second-order valence-electron chi connectivity index (χ2n) is 5.73. The molecule has 0 aromatic heterocycles. The van der Waals surface area contributed by atoms with Crippen LogP contribution >= 0.6 is 0 Å². The molecule has 0 aliphatic carbocycles. The Balaban J connectivity index is 2.71. The van der Waals surface area contributed by atoms with Crippen LogP contribution in [0.5, 0.6) is 5.75 Å². The van der Waals surface area contributed by atoms with Crippen LogP contribution in [0.3, 0.4) is 0 Å². The molecule has 0 saturated heterocycles. The fourth-order valence-corrected chi connectivity index (χ4v) is 1.65. The molecule has 1 rings (SSSR count). The smallest absolute Gasteiger partial charge is 0.428 e. The highest BCUT2D eigenvalue weighted by Gasteiger charge is 2.15. The third-order valence-corrected chi connectivity index (χ3v) is 2.57. The predicted octanol–water partition coefficient (Wildman–Crippen LogP) is 2.79. The quantitative estimate of drug-likeness (QED) is 0.620. The number of hydrogen-bond donors (Lipinski definition) is 2. The van der Waals surface area contributed by atoms with Crippen molar-refractivity contribution in [1.29, 1.82) is 0 Å². The lowest BCUT2D eigenvalue weighted by Crippen LogP contribution is -2.30. The van der Waals surface area contributed by atoms with Gasteiger partial charge in [0.1, 0.15) is 11.4 Å². The molecule has 0 aliphatic heterocycles. The first-order valence-electron chi connectivity index (χ1n) is 7.22. The summed E-state index contributed by atoms with van der Waals surface area (Å²) in [5.74, 6) is -0.585. The number of carbonyl (C=O) groups is 2. The van der Waals surface area contributed by atoms with E-state index in [1.54, 1.807) is 45.0 Å². The summed E-state index contributed by atoms with van der Waals surface area (Å²) < 4.78 is 10.2. The second kappa shape index (κ2) is 8.17. The Morgan fingerprint density at radius 2 is 1.83 bits per heavy atom. The Bertz CT molecular complexity index is 573. The van der Waals surface area contributed by atoms with Crippen LogP contribution in [0, 0.1) is 0 Å². The van der Waals surface area contributed by atoms with Gasteiger partial charge < -0.3 is 14.6 Å². The minimum Gasteiger partial charge on any atom is -0.482 e. The summed E-state index contributed by atoms with van der Waals surface area (Å²) in [5.41, 5.74) is 3.24. The Morgan fingerprint density at radius 1 is 1.22 bits per heavy atom. The van der Waals surface area contributed by atoms with Gasteiger partial charge in [0.15, 0.2) is 6.61 Å². The summed E-state index contributed by atoms with van der Waals surface area (Å²) in [6.07, 6.45) is -0.0182. The molecule has 7 heteroatoms. The number of benzene rings is 1. The van der Waals surface area contributed by atoms with E-state index >= 15 is 0 Å². The molecule has 0 bridgehead atoms. The van der Waals surface area contributed by atoms with Gasteiger partial charge in [-0.2, -0.15) is 5.10 Å². The molecular weight excluding hydrogens is 300 g/mol. The first-order chi connectivity index (χ1) is 10.7. The molecule has 0 aliphatic rings. The van der Waals surface area contributed by atoms with Crippen molar-refractivity contribution in [2.75, 3.05) is 6.61 Å². The van der Waals surface area contributed by atoms with Gasteiger partial charge in [-0.15, -0.1) is 0 Å². The molecule has 0 saturated carbocycles. The molecule has 0 atom stereocenters. The van der Waals surface area contributed by atoms with E-state index in [4.69, 9.17) is 14.6 Å². The summed E-state index contributed by atoms with van der Waals surface area (Å²) in [7, 11) is 0. The van der Waals surface area contributed by atoms with E-state index in [1.165, 1.54) is 0 Å². The average molecular weight is 322 g/mol. The van der Waals surface area contributed by atoms with E-state index < -0.39 is 24.3 Å². The summed E-state index contributed by atoms with van der Waals surface area (Å²) >= 11 is 0. The van der Waals surface area contributed by atoms with Crippen molar-refractivity contribution in [2.24, 2.45) is 5.10 Å². The van der Waals surface area contributed by atoms with E-state index in [9.17, 15) is 9.59 Å². The molecule has 0 spiro atoms. The van der Waals surface area contributed by atoms with Crippen molar-refractivity contribution in [3.63, 3.8) is 0 Å². The van der Waals surface area contributed by atoms with E-state index in [-0.39, 0.29) is 0 Å². The molecule has 1 aromatic rings. The number of hydrogen-bond acceptors (Lipinski definition) is 5. The summed E-state index contributed by atoms with van der Waals surface area (Å²) in [6.45, 7) is 6.82. The van der Waals surface area contributed by atoms with Gasteiger partial charge in [-0.25, -0.2) is 15.0 Å². The highest BCUT2D eigenvalue weighted by molar-refractivity contribution is 6.00. The lowest BCUT2D eigenvalue weighted by atomic mass is 10.1. The minimum absolute atomic E-state index is 0.395. The van der Waals surface area contributed by atoms with E-state index in [0.29, 0.717) is 17.9 Å². The summed E-state index contributed by atoms with van der Waals surface area (Å²) in [6, 6.07) is 6.79. The van der Waals surface area contributed by atoms with Crippen molar-refractivity contribution in [3.05, 3.63) is 29.8 Å². The Kier molecular flexibility index (Phi) is 6.56. The van der Waals surface area contributed by atoms with Crippen LogP contribution in [0.15, 0.2) is 29.4 Å². The zero-order valence-corrected chi connectivity index (χ0v) is 13.8. The third-order valence-electron chi connectivity index (χ3n) is 2.57. The molecule has 1 aromatic carbocycles. The zero-order valence-electron chi connectivity index (χ0n) is 13.8. The van der Waals surface area contributed by atoms with Crippen LogP contribution in [-0.2, 0) is 9.53 Å². The number of nitrogens with one attached hydrogen (secondary N) is 1. The summed E-state index contributed by atoms with van der Waals surface area (Å²) in [4.78, 5) is 22.0. The molecule has 0 unspecified atom stereocenters. The SMILES string of the molecule is CC/C(=N/NC(=O)OC(C)(C)C)c1ccc(OCC(=O)O)cc1. The lowest BCUT2D eigenvalue weighted by Gasteiger charge is -2.18. The molecule has 7 nitrogen and oxygen atoms in total. The summed E-state index contributed by atoms with van der Waals surface area (Å²) in [5, 5.41) is 12.6. The van der Waals surface area contributed by atoms with Crippen LogP contribution < -0.4 is 10.2 Å². The fourth-order valence-electron chi connectivity index (χ4n) is 1.65. The van der Waals surface area contributed by atoms with Crippen LogP contribution in [0.2, 0.25) is 0 Å². The normalized spacial score (nSPS) is 11.7. The monoisotopic (exact) mass is 322 g/mol. The largest absolute Gasteiger partial charge is 0.482 e. The van der Waals surface area contributed by atoms with Crippen LogP contribution in [0.1, 0.15) is 39.7 Å². The number of carboxylic acid groups (broad SMARTS) is 1. The third kappa shape index (κ3) is 7.30. The van der Waals surface area contributed by atoms with E-state index in [0.717, 1.165) is 5.56 Å². The molecule has 0 heterocycles. The Morgan fingerprint density at radius 3 is 2.30 bits per heavy atom. The van der Waals surface area contributed by atoms with Crippen LogP contribution in [0.4, 0.5) is 4.79 Å². The highest BCUT2D eigenvalue weighted by atomic mass is 16.6. The fraction of sp³-hybridized carbons (Fsp3) is 0.438. The van der Waals surface area contributed by atoms with Crippen LogP contribution in [-0.4, -0.2) is 35.1 Å². The molecule has 23 heavy (non-hydrogen) atoms. The minimum atomic E-state index is -1.04. The predicted molar refractivity (Wildman–Crippen MR) is 85.8 cm³/mol. The van der Waals surface area contributed by atoms with Gasteiger partial charge >= 0.3 is 12.1 Å². The van der Waals surface area contributed by atoms with Gasteiger partial charge in [0.05, 0.1) is 5.71 Å². The highest BCUT2D eigenvalue weighted by Crippen LogP contribution is 2.14.